The Bertz CT molecular complexity index is 878. The van der Waals surface area contributed by atoms with Crippen LogP contribution in [0.5, 0.6) is 5.75 Å². The van der Waals surface area contributed by atoms with Gasteiger partial charge >= 0.3 is 0 Å². The van der Waals surface area contributed by atoms with Crippen LogP contribution in [0.2, 0.25) is 5.02 Å². The van der Waals surface area contributed by atoms with Crippen molar-refractivity contribution in [1.82, 2.24) is 5.32 Å². The van der Waals surface area contributed by atoms with Gasteiger partial charge in [-0.05, 0) is 47.7 Å². The Morgan fingerprint density at radius 1 is 1.20 bits per heavy atom. The van der Waals surface area contributed by atoms with E-state index in [0.717, 1.165) is 17.3 Å². The van der Waals surface area contributed by atoms with Gasteiger partial charge in [-0.3, -0.25) is 14.9 Å². The summed E-state index contributed by atoms with van der Waals surface area (Å²) in [5.74, 6) is 0.221. The summed E-state index contributed by atoms with van der Waals surface area (Å²) < 4.78 is 5.60. The molecule has 1 heterocycles. The summed E-state index contributed by atoms with van der Waals surface area (Å²) in [5.41, 5.74) is 1.82. The normalized spacial score (nSPS) is 15.3. The third-order valence-electron chi connectivity index (χ3n) is 3.38. The molecule has 1 saturated heterocycles. The predicted molar refractivity (Wildman–Crippen MR) is 99.3 cm³/mol. The number of hydrogen-bond acceptors (Lipinski definition) is 5. The van der Waals surface area contributed by atoms with E-state index in [1.165, 1.54) is 0 Å². The summed E-state index contributed by atoms with van der Waals surface area (Å²) in [6.07, 6.45) is 1.64. The fraction of sp³-hybridized carbons (Fsp3) is 0.0556. The van der Waals surface area contributed by atoms with Crippen LogP contribution in [0.4, 0.5) is 4.79 Å². The maximum absolute atomic E-state index is 11.5. The zero-order valence-electron chi connectivity index (χ0n) is 12.9. The van der Waals surface area contributed by atoms with Gasteiger partial charge in [0, 0.05) is 10.6 Å². The molecule has 0 radical (unpaired) electrons. The van der Waals surface area contributed by atoms with Crippen molar-refractivity contribution in [3.05, 3.63) is 69.6 Å². The van der Waals surface area contributed by atoms with Crippen LogP contribution in [0, 0.1) is 5.41 Å². The third kappa shape index (κ3) is 4.49. The lowest BCUT2D eigenvalue weighted by atomic mass is 10.1. The Morgan fingerprint density at radius 3 is 2.60 bits per heavy atom. The first-order valence-corrected chi connectivity index (χ1v) is 8.52. The summed E-state index contributed by atoms with van der Waals surface area (Å²) in [7, 11) is 0. The van der Waals surface area contributed by atoms with Crippen molar-refractivity contribution in [1.29, 1.82) is 5.41 Å². The average Bonchev–Trinajstić information content (AvgIpc) is 2.91. The number of halogens is 1. The number of benzene rings is 2. The van der Waals surface area contributed by atoms with Crippen LogP contribution in [-0.2, 0) is 4.79 Å². The molecule has 1 fully saturated rings. The van der Waals surface area contributed by atoms with Gasteiger partial charge in [0.2, 0.25) is 0 Å². The van der Waals surface area contributed by atoms with E-state index in [4.69, 9.17) is 21.7 Å². The summed E-state index contributed by atoms with van der Waals surface area (Å²) in [4.78, 5) is 23.0. The molecular weight excluding hydrogens is 360 g/mol. The smallest absolute Gasteiger partial charge is 0.290 e. The number of amides is 2. The first kappa shape index (κ1) is 17.3. The van der Waals surface area contributed by atoms with E-state index in [-0.39, 0.29) is 17.8 Å². The number of nitrogens with one attached hydrogen (secondary N) is 2. The Hall–Kier alpha value is -2.57. The molecule has 0 atom stereocenters. The highest BCUT2D eigenvalue weighted by Gasteiger charge is 2.24. The molecule has 2 aromatic rings. The van der Waals surface area contributed by atoms with Crippen molar-refractivity contribution in [2.75, 3.05) is 6.61 Å². The SMILES string of the molecule is N=C(COc1ccc(/C=C2\SC(=O)NC2=O)cc1)c1cccc(Cl)c1. The van der Waals surface area contributed by atoms with Crippen molar-refractivity contribution < 1.29 is 14.3 Å². The van der Waals surface area contributed by atoms with E-state index in [9.17, 15) is 9.59 Å². The number of imide groups is 1. The van der Waals surface area contributed by atoms with Crippen LogP contribution in [0.1, 0.15) is 11.1 Å². The Labute approximate surface area is 153 Å². The average molecular weight is 373 g/mol. The molecule has 2 aromatic carbocycles. The molecule has 7 heteroatoms. The molecule has 0 aromatic heterocycles. The second-order valence-electron chi connectivity index (χ2n) is 5.20. The molecule has 25 heavy (non-hydrogen) atoms. The van der Waals surface area contributed by atoms with Gasteiger partial charge in [0.1, 0.15) is 12.4 Å². The lowest BCUT2D eigenvalue weighted by Gasteiger charge is -2.08. The molecule has 1 aliphatic heterocycles. The van der Waals surface area contributed by atoms with E-state index in [1.807, 2.05) is 0 Å². The van der Waals surface area contributed by atoms with Gasteiger partial charge in [0.05, 0.1) is 10.6 Å². The second-order valence-corrected chi connectivity index (χ2v) is 6.65. The Balaban J connectivity index is 1.61. The topological polar surface area (TPSA) is 79.2 Å². The highest BCUT2D eigenvalue weighted by Crippen LogP contribution is 2.26. The molecule has 0 unspecified atom stereocenters. The summed E-state index contributed by atoms with van der Waals surface area (Å²) in [6, 6.07) is 14.1. The molecule has 0 bridgehead atoms. The predicted octanol–water partition coefficient (Wildman–Crippen LogP) is 4.11. The lowest BCUT2D eigenvalue weighted by molar-refractivity contribution is -0.115. The van der Waals surface area contributed by atoms with Crippen LogP contribution < -0.4 is 10.1 Å². The lowest BCUT2D eigenvalue weighted by Crippen LogP contribution is -2.17. The molecule has 2 N–H and O–H groups in total. The molecule has 126 valence electrons. The van der Waals surface area contributed by atoms with Crippen molar-refractivity contribution in [3.8, 4) is 5.75 Å². The second kappa shape index (κ2) is 7.55. The van der Waals surface area contributed by atoms with Crippen LogP contribution in [-0.4, -0.2) is 23.5 Å². The Morgan fingerprint density at radius 2 is 1.96 bits per heavy atom. The van der Waals surface area contributed by atoms with E-state index >= 15 is 0 Å². The van der Waals surface area contributed by atoms with Gasteiger partial charge in [-0.15, -0.1) is 0 Å². The van der Waals surface area contributed by atoms with Gasteiger partial charge in [-0.1, -0.05) is 35.9 Å². The van der Waals surface area contributed by atoms with Crippen molar-refractivity contribution in [3.63, 3.8) is 0 Å². The third-order valence-corrected chi connectivity index (χ3v) is 4.42. The Kier molecular flexibility index (Phi) is 5.21. The summed E-state index contributed by atoms with van der Waals surface area (Å²) in [6.45, 7) is 0.119. The summed E-state index contributed by atoms with van der Waals surface area (Å²) >= 11 is 6.80. The highest BCUT2D eigenvalue weighted by molar-refractivity contribution is 8.18. The first-order valence-electron chi connectivity index (χ1n) is 7.32. The van der Waals surface area contributed by atoms with Crippen LogP contribution in [0.3, 0.4) is 0 Å². The molecule has 5 nitrogen and oxygen atoms in total. The maximum Gasteiger partial charge on any atom is 0.290 e. The van der Waals surface area contributed by atoms with Gasteiger partial charge < -0.3 is 10.1 Å². The maximum atomic E-state index is 11.5. The van der Waals surface area contributed by atoms with E-state index < -0.39 is 0 Å². The monoisotopic (exact) mass is 372 g/mol. The standard InChI is InChI=1S/C18H13ClN2O3S/c19-13-3-1-2-12(9-13)15(20)10-24-14-6-4-11(5-7-14)8-16-17(22)21-18(23)25-16/h1-9,20H,10H2,(H,21,22,23)/b16-8-,20-15?. The highest BCUT2D eigenvalue weighted by atomic mass is 35.5. The zero-order valence-corrected chi connectivity index (χ0v) is 14.5. The van der Waals surface area contributed by atoms with Crippen molar-refractivity contribution in [2.24, 2.45) is 0 Å². The minimum Gasteiger partial charge on any atom is -0.487 e. The van der Waals surface area contributed by atoms with Crippen LogP contribution in [0.15, 0.2) is 53.4 Å². The number of hydrogen-bond donors (Lipinski definition) is 2. The quantitative estimate of drug-likeness (QED) is 0.611. The molecule has 2 amide bonds. The minimum absolute atomic E-state index is 0.119. The molecule has 0 aliphatic carbocycles. The fourth-order valence-electron chi connectivity index (χ4n) is 2.15. The largest absolute Gasteiger partial charge is 0.487 e. The molecule has 3 rings (SSSR count). The van der Waals surface area contributed by atoms with E-state index in [2.05, 4.69) is 5.32 Å². The van der Waals surface area contributed by atoms with Crippen molar-refractivity contribution >= 4 is 46.3 Å². The van der Waals surface area contributed by atoms with Gasteiger partial charge in [-0.25, -0.2) is 0 Å². The van der Waals surface area contributed by atoms with E-state index in [1.54, 1.807) is 54.6 Å². The number of thioether (sulfide) groups is 1. The van der Waals surface area contributed by atoms with Crippen LogP contribution in [0.25, 0.3) is 6.08 Å². The fourth-order valence-corrected chi connectivity index (χ4v) is 3.02. The van der Waals surface area contributed by atoms with Crippen molar-refractivity contribution in [2.45, 2.75) is 0 Å². The number of carbonyl (C=O) groups is 2. The summed E-state index contributed by atoms with van der Waals surface area (Å²) in [5, 5.41) is 10.5. The number of rotatable bonds is 5. The zero-order chi connectivity index (χ0) is 17.8. The molecule has 1 aliphatic rings. The number of ether oxygens (including phenoxy) is 1. The van der Waals surface area contributed by atoms with E-state index in [0.29, 0.717) is 27.0 Å². The minimum atomic E-state index is -0.384. The molecular formula is C18H13ClN2O3S. The molecule has 0 saturated carbocycles. The van der Waals surface area contributed by atoms with Crippen LogP contribution >= 0.6 is 23.4 Å². The number of carbonyl (C=O) groups excluding carboxylic acids is 2. The van der Waals surface area contributed by atoms with Gasteiger partial charge in [0.25, 0.3) is 11.1 Å². The first-order chi connectivity index (χ1) is 12.0. The van der Waals surface area contributed by atoms with Gasteiger partial charge in [0.15, 0.2) is 0 Å². The molecule has 0 spiro atoms. The van der Waals surface area contributed by atoms with Gasteiger partial charge in [-0.2, -0.15) is 0 Å².